The second-order valence-electron chi connectivity index (χ2n) is 6.72. The number of nitrogens with zero attached hydrogens (tertiary/aromatic N) is 3. The lowest BCUT2D eigenvalue weighted by molar-refractivity contribution is 0.306. The average molecular weight is 382 g/mol. The van der Waals surface area contributed by atoms with Crippen LogP contribution in [0.2, 0.25) is 0 Å². The molecule has 0 saturated carbocycles. The Labute approximate surface area is 170 Å². The van der Waals surface area contributed by atoms with E-state index in [0.717, 1.165) is 33.7 Å². The van der Waals surface area contributed by atoms with Crippen molar-refractivity contribution in [3.05, 3.63) is 102 Å². The summed E-state index contributed by atoms with van der Waals surface area (Å²) in [4.78, 5) is 4.17. The van der Waals surface area contributed by atoms with Crippen molar-refractivity contribution in [1.82, 2.24) is 9.66 Å². The van der Waals surface area contributed by atoms with E-state index in [0.29, 0.717) is 12.6 Å². The molecule has 0 spiro atoms. The molecule has 0 atom stereocenters. The molecule has 0 unspecified atom stereocenters. The van der Waals surface area contributed by atoms with Gasteiger partial charge in [0.2, 0.25) is 5.95 Å². The molecule has 1 heterocycles. The number of rotatable bonds is 6. The maximum absolute atomic E-state index is 5.98. The minimum absolute atomic E-state index is 0.368. The molecule has 4 aromatic rings. The molecule has 3 aromatic carbocycles. The van der Waals surface area contributed by atoms with Crippen LogP contribution in [0.1, 0.15) is 16.8 Å². The smallest absolute Gasteiger partial charge is 0.221 e. The van der Waals surface area contributed by atoms with E-state index in [4.69, 9.17) is 10.5 Å². The van der Waals surface area contributed by atoms with Crippen molar-refractivity contribution in [3.8, 4) is 16.9 Å². The number of benzene rings is 3. The normalized spacial score (nSPS) is 11.1. The number of ether oxygens (including phenoxy) is 1. The Morgan fingerprint density at radius 2 is 1.79 bits per heavy atom. The summed E-state index contributed by atoms with van der Waals surface area (Å²) >= 11 is 0. The van der Waals surface area contributed by atoms with Gasteiger partial charge in [-0.15, -0.1) is 0 Å². The molecule has 0 amide bonds. The van der Waals surface area contributed by atoms with Gasteiger partial charge in [-0.05, 0) is 35.7 Å². The number of aryl methyl sites for hydroxylation is 1. The van der Waals surface area contributed by atoms with Crippen LogP contribution < -0.4 is 10.5 Å². The van der Waals surface area contributed by atoms with Crippen molar-refractivity contribution in [2.24, 2.45) is 5.10 Å². The van der Waals surface area contributed by atoms with E-state index < -0.39 is 0 Å². The Morgan fingerprint density at radius 1 is 1.00 bits per heavy atom. The number of anilines is 1. The number of hydrogen-bond donors (Lipinski definition) is 1. The summed E-state index contributed by atoms with van der Waals surface area (Å²) in [7, 11) is 0. The van der Waals surface area contributed by atoms with Gasteiger partial charge >= 0.3 is 0 Å². The molecule has 0 saturated heterocycles. The summed E-state index contributed by atoms with van der Waals surface area (Å²) in [6.45, 7) is 2.42. The van der Waals surface area contributed by atoms with E-state index in [1.54, 1.807) is 17.1 Å². The van der Waals surface area contributed by atoms with Crippen molar-refractivity contribution in [2.45, 2.75) is 13.5 Å². The molecule has 0 bridgehead atoms. The minimum Gasteiger partial charge on any atom is -0.489 e. The molecule has 144 valence electrons. The van der Waals surface area contributed by atoms with Gasteiger partial charge < -0.3 is 10.5 Å². The van der Waals surface area contributed by atoms with E-state index in [2.05, 4.69) is 34.4 Å². The molecule has 29 heavy (non-hydrogen) atoms. The molecular weight excluding hydrogens is 360 g/mol. The molecule has 2 N–H and O–H groups in total. The van der Waals surface area contributed by atoms with E-state index in [-0.39, 0.29) is 0 Å². The number of imidazole rings is 1. The predicted octanol–water partition coefficient (Wildman–Crippen LogP) is 4.90. The van der Waals surface area contributed by atoms with Crippen LogP contribution in [0.15, 0.2) is 90.2 Å². The molecule has 5 nitrogen and oxygen atoms in total. The van der Waals surface area contributed by atoms with Crippen molar-refractivity contribution in [3.63, 3.8) is 0 Å². The molecular formula is C24H22N4O. The van der Waals surface area contributed by atoms with Crippen LogP contribution in [-0.2, 0) is 6.61 Å². The van der Waals surface area contributed by atoms with Crippen molar-refractivity contribution in [2.75, 3.05) is 5.73 Å². The van der Waals surface area contributed by atoms with Gasteiger partial charge in [-0.3, -0.25) is 0 Å². The Morgan fingerprint density at radius 3 is 2.59 bits per heavy atom. The summed E-state index contributed by atoms with van der Waals surface area (Å²) in [5.74, 6) is 1.19. The number of hydrogen-bond acceptors (Lipinski definition) is 4. The lowest BCUT2D eigenvalue weighted by Gasteiger charge is -2.10. The maximum Gasteiger partial charge on any atom is 0.221 e. The van der Waals surface area contributed by atoms with Gasteiger partial charge in [0.15, 0.2) is 0 Å². The molecule has 0 aliphatic heterocycles. The Bertz CT molecular complexity index is 1130. The van der Waals surface area contributed by atoms with Gasteiger partial charge in [-0.1, -0.05) is 66.7 Å². The monoisotopic (exact) mass is 382 g/mol. The van der Waals surface area contributed by atoms with E-state index in [1.807, 2.05) is 61.5 Å². The van der Waals surface area contributed by atoms with Gasteiger partial charge in [0.25, 0.3) is 0 Å². The first-order valence-electron chi connectivity index (χ1n) is 9.41. The lowest BCUT2D eigenvalue weighted by atomic mass is 10.0. The van der Waals surface area contributed by atoms with Crippen LogP contribution in [0, 0.1) is 6.92 Å². The Balaban J connectivity index is 1.58. The van der Waals surface area contributed by atoms with Gasteiger partial charge in [-0.25, -0.2) is 9.66 Å². The fourth-order valence-electron chi connectivity index (χ4n) is 3.09. The summed E-state index contributed by atoms with van der Waals surface area (Å²) in [5.41, 5.74) is 11.0. The van der Waals surface area contributed by atoms with E-state index in [9.17, 15) is 0 Å². The Hall–Kier alpha value is -3.86. The SMILES string of the molecule is Cc1cn(N=Cc2ccccc2-c2cccc(OCc3ccccc3)c2)c(N)n1. The quantitative estimate of drug-likeness (QED) is 0.482. The third-order valence-electron chi connectivity index (χ3n) is 4.51. The van der Waals surface area contributed by atoms with Crippen molar-refractivity contribution in [1.29, 1.82) is 0 Å². The molecule has 1 aromatic heterocycles. The van der Waals surface area contributed by atoms with Crippen LogP contribution in [0.3, 0.4) is 0 Å². The zero-order valence-electron chi connectivity index (χ0n) is 16.2. The molecule has 0 aliphatic carbocycles. The summed E-state index contributed by atoms with van der Waals surface area (Å²) in [6.07, 6.45) is 3.59. The van der Waals surface area contributed by atoms with Gasteiger partial charge in [0, 0.05) is 5.56 Å². The fraction of sp³-hybridized carbons (Fsp3) is 0.0833. The highest BCUT2D eigenvalue weighted by Crippen LogP contribution is 2.27. The zero-order chi connectivity index (χ0) is 20.1. The first kappa shape index (κ1) is 18.5. The molecule has 0 fully saturated rings. The van der Waals surface area contributed by atoms with Crippen LogP contribution in [-0.4, -0.2) is 15.9 Å². The van der Waals surface area contributed by atoms with Crippen LogP contribution in [0.25, 0.3) is 11.1 Å². The van der Waals surface area contributed by atoms with Crippen molar-refractivity contribution < 1.29 is 4.74 Å². The standard InChI is InChI=1S/C24H22N4O/c1-18-16-28(24(25)27-18)26-15-21-10-5-6-13-23(21)20-11-7-12-22(14-20)29-17-19-8-3-2-4-9-19/h2-16H,17H2,1H3,(H2,25,27). The van der Waals surface area contributed by atoms with E-state index in [1.165, 1.54) is 0 Å². The van der Waals surface area contributed by atoms with E-state index >= 15 is 0 Å². The minimum atomic E-state index is 0.368. The second-order valence-corrected chi connectivity index (χ2v) is 6.72. The first-order chi connectivity index (χ1) is 14.2. The third kappa shape index (κ3) is 4.52. The molecule has 0 radical (unpaired) electrons. The number of nitrogens with two attached hydrogens (primary N) is 1. The lowest BCUT2D eigenvalue weighted by Crippen LogP contribution is -1.98. The van der Waals surface area contributed by atoms with Gasteiger partial charge in [-0.2, -0.15) is 5.10 Å². The fourth-order valence-corrected chi connectivity index (χ4v) is 3.09. The van der Waals surface area contributed by atoms with Crippen LogP contribution >= 0.6 is 0 Å². The summed E-state index contributed by atoms with van der Waals surface area (Å²) < 4.78 is 7.55. The zero-order valence-corrected chi connectivity index (χ0v) is 16.2. The first-order valence-corrected chi connectivity index (χ1v) is 9.41. The summed E-state index contributed by atoms with van der Waals surface area (Å²) in [6, 6.07) is 26.3. The largest absolute Gasteiger partial charge is 0.489 e. The number of aromatic nitrogens is 2. The third-order valence-corrected chi connectivity index (χ3v) is 4.51. The predicted molar refractivity (Wildman–Crippen MR) is 117 cm³/mol. The summed E-state index contributed by atoms with van der Waals surface area (Å²) in [5, 5.41) is 4.45. The molecule has 0 aliphatic rings. The highest BCUT2D eigenvalue weighted by atomic mass is 16.5. The second kappa shape index (κ2) is 8.44. The average Bonchev–Trinajstić information content (AvgIpc) is 3.09. The highest BCUT2D eigenvalue weighted by molar-refractivity contribution is 5.90. The van der Waals surface area contributed by atoms with Crippen molar-refractivity contribution >= 4 is 12.2 Å². The highest BCUT2D eigenvalue weighted by Gasteiger charge is 2.06. The van der Waals surface area contributed by atoms with Gasteiger partial charge in [0.05, 0.1) is 18.1 Å². The molecule has 5 heteroatoms. The topological polar surface area (TPSA) is 65.4 Å². The molecule has 4 rings (SSSR count). The maximum atomic E-state index is 5.98. The van der Waals surface area contributed by atoms with Crippen LogP contribution in [0.4, 0.5) is 5.95 Å². The van der Waals surface area contributed by atoms with Crippen LogP contribution in [0.5, 0.6) is 5.75 Å². The number of nitrogen functional groups attached to an aromatic ring is 1. The Kier molecular flexibility index (Phi) is 5.38. The van der Waals surface area contributed by atoms with Gasteiger partial charge in [0.1, 0.15) is 12.4 Å².